The molecule has 10 heteroatoms. The molecule has 0 atom stereocenters. The van der Waals surface area contributed by atoms with E-state index in [9.17, 15) is 14.4 Å². The summed E-state index contributed by atoms with van der Waals surface area (Å²) in [5, 5.41) is 3.38. The Kier molecular flexibility index (Phi) is 6.40. The first-order chi connectivity index (χ1) is 13.9. The quantitative estimate of drug-likeness (QED) is 0.574. The summed E-state index contributed by atoms with van der Waals surface area (Å²) in [7, 11) is 3.07. The van der Waals surface area contributed by atoms with Gasteiger partial charge in [0.1, 0.15) is 11.9 Å². The molecule has 152 valence electrons. The van der Waals surface area contributed by atoms with Gasteiger partial charge in [0.2, 0.25) is 5.91 Å². The molecule has 0 aliphatic heterocycles. The number of amides is 1. The molecule has 1 amide bonds. The molecule has 0 unspecified atom stereocenters. The maximum Gasteiger partial charge on any atom is 0.332 e. The first-order valence-electron chi connectivity index (χ1n) is 8.90. The minimum Gasteiger partial charge on any atom is -0.385 e. The minimum absolute atomic E-state index is 0.150. The minimum atomic E-state index is -0.629. The summed E-state index contributed by atoms with van der Waals surface area (Å²) in [6, 6.07) is 6.90. The van der Waals surface area contributed by atoms with E-state index in [1.54, 1.807) is 31.4 Å². The molecular weight excluding hydrogens is 398 g/mol. The number of carbonyl (C=O) groups excluding carboxylic acids is 1. The van der Waals surface area contributed by atoms with Crippen LogP contribution in [0.15, 0.2) is 40.1 Å². The molecule has 0 aliphatic rings. The molecular formula is C19H20ClN5O4. The second kappa shape index (κ2) is 8.97. The van der Waals surface area contributed by atoms with Crippen LogP contribution in [0.5, 0.6) is 0 Å². The zero-order valence-electron chi connectivity index (χ0n) is 16.0. The van der Waals surface area contributed by atoms with Crippen molar-refractivity contribution in [3.63, 3.8) is 0 Å². The van der Waals surface area contributed by atoms with Gasteiger partial charge in [-0.15, -0.1) is 0 Å². The molecule has 2 aromatic heterocycles. The monoisotopic (exact) mass is 417 g/mol. The van der Waals surface area contributed by atoms with E-state index in [-0.39, 0.29) is 17.6 Å². The van der Waals surface area contributed by atoms with Crippen LogP contribution in [-0.4, -0.2) is 45.3 Å². The number of nitrogens with one attached hydrogen (secondary N) is 1. The van der Waals surface area contributed by atoms with E-state index in [0.29, 0.717) is 36.0 Å². The third-order valence-electron chi connectivity index (χ3n) is 4.33. The number of hydrogen-bond donors (Lipinski definition) is 1. The molecule has 0 saturated carbocycles. The molecule has 0 saturated heterocycles. The van der Waals surface area contributed by atoms with Crippen molar-refractivity contribution in [1.82, 2.24) is 24.4 Å². The number of ether oxygens (including phenoxy) is 1. The Morgan fingerprint density at radius 2 is 1.97 bits per heavy atom. The highest BCUT2D eigenvalue weighted by molar-refractivity contribution is 6.30. The van der Waals surface area contributed by atoms with Crippen LogP contribution >= 0.6 is 11.6 Å². The third-order valence-corrected chi connectivity index (χ3v) is 4.58. The van der Waals surface area contributed by atoms with Crippen LogP contribution in [0.4, 0.5) is 0 Å². The topological polar surface area (TPSA) is 108 Å². The third kappa shape index (κ3) is 4.52. The number of nitrogens with zero attached hydrogens (tertiary/aromatic N) is 4. The second-order valence-corrected chi connectivity index (χ2v) is 6.80. The fourth-order valence-electron chi connectivity index (χ4n) is 2.80. The SMILES string of the molecule is COCCCNC(=O)Cn1c(=O)c2cnc(-c3ccc(Cl)cc3)nc2n(C)c1=O. The lowest BCUT2D eigenvalue weighted by atomic mass is 10.2. The van der Waals surface area contributed by atoms with Gasteiger partial charge < -0.3 is 10.1 Å². The van der Waals surface area contributed by atoms with Gasteiger partial charge in [-0.1, -0.05) is 11.6 Å². The van der Waals surface area contributed by atoms with Crippen molar-refractivity contribution in [2.45, 2.75) is 13.0 Å². The largest absolute Gasteiger partial charge is 0.385 e. The Morgan fingerprint density at radius 1 is 1.24 bits per heavy atom. The summed E-state index contributed by atoms with van der Waals surface area (Å²) in [4.78, 5) is 46.1. The van der Waals surface area contributed by atoms with Gasteiger partial charge in [-0.05, 0) is 30.7 Å². The number of aromatic nitrogens is 4. The van der Waals surface area contributed by atoms with Gasteiger partial charge in [-0.2, -0.15) is 0 Å². The molecule has 1 aromatic carbocycles. The molecule has 2 heterocycles. The van der Waals surface area contributed by atoms with Crippen LogP contribution < -0.4 is 16.6 Å². The van der Waals surface area contributed by atoms with Crippen molar-refractivity contribution in [2.24, 2.45) is 7.05 Å². The van der Waals surface area contributed by atoms with Gasteiger partial charge in [0.05, 0.1) is 0 Å². The highest BCUT2D eigenvalue weighted by Crippen LogP contribution is 2.19. The average molecular weight is 418 g/mol. The average Bonchev–Trinajstić information content (AvgIpc) is 2.73. The summed E-state index contributed by atoms with van der Waals surface area (Å²) in [6.45, 7) is 0.515. The molecule has 0 radical (unpaired) electrons. The van der Waals surface area contributed by atoms with Crippen molar-refractivity contribution in [3.05, 3.63) is 56.3 Å². The van der Waals surface area contributed by atoms with E-state index in [1.165, 1.54) is 17.8 Å². The maximum absolute atomic E-state index is 12.8. The molecule has 0 spiro atoms. The fraction of sp³-hybridized carbons (Fsp3) is 0.316. The predicted octanol–water partition coefficient (Wildman–Crippen LogP) is 0.963. The lowest BCUT2D eigenvalue weighted by Crippen LogP contribution is -2.43. The fourth-order valence-corrected chi connectivity index (χ4v) is 2.93. The Morgan fingerprint density at radius 3 is 2.66 bits per heavy atom. The van der Waals surface area contributed by atoms with Crippen LogP contribution in [0.25, 0.3) is 22.4 Å². The highest BCUT2D eigenvalue weighted by atomic mass is 35.5. The number of halogens is 1. The Hall–Kier alpha value is -3.04. The molecule has 1 N–H and O–H groups in total. The highest BCUT2D eigenvalue weighted by Gasteiger charge is 2.16. The first-order valence-corrected chi connectivity index (χ1v) is 9.28. The molecule has 9 nitrogen and oxygen atoms in total. The van der Waals surface area contributed by atoms with Gasteiger partial charge in [-0.25, -0.2) is 14.8 Å². The first kappa shape index (κ1) is 20.7. The molecule has 3 rings (SSSR count). The number of hydrogen-bond acceptors (Lipinski definition) is 6. The standard InChI is InChI=1S/C19H20ClN5O4/c1-24-17-14(10-22-16(23-17)12-4-6-13(20)7-5-12)18(27)25(19(24)28)11-15(26)21-8-3-9-29-2/h4-7,10H,3,8-9,11H2,1-2H3,(H,21,26). The molecule has 0 bridgehead atoms. The number of rotatable bonds is 7. The summed E-state index contributed by atoms with van der Waals surface area (Å²) in [5.74, 6) is -0.0736. The number of methoxy groups -OCH3 is 1. The number of benzene rings is 1. The zero-order valence-corrected chi connectivity index (χ0v) is 16.8. The van der Waals surface area contributed by atoms with Gasteiger partial charge >= 0.3 is 5.69 Å². The van der Waals surface area contributed by atoms with Gasteiger partial charge in [0, 0.05) is 44.1 Å². The van der Waals surface area contributed by atoms with Crippen LogP contribution in [0.1, 0.15) is 6.42 Å². The molecule has 0 fully saturated rings. The summed E-state index contributed by atoms with van der Waals surface area (Å²) < 4.78 is 7.02. The smallest absolute Gasteiger partial charge is 0.332 e. The van der Waals surface area contributed by atoms with E-state index < -0.39 is 17.2 Å². The second-order valence-electron chi connectivity index (χ2n) is 6.37. The Labute approximate surface area is 170 Å². The summed E-state index contributed by atoms with van der Waals surface area (Å²) in [5.41, 5.74) is -0.354. The van der Waals surface area contributed by atoms with Crippen molar-refractivity contribution < 1.29 is 9.53 Å². The lowest BCUT2D eigenvalue weighted by molar-refractivity contribution is -0.121. The maximum atomic E-state index is 12.8. The number of fused-ring (bicyclic) bond motifs is 1. The van der Waals surface area contributed by atoms with E-state index in [2.05, 4.69) is 15.3 Å². The van der Waals surface area contributed by atoms with E-state index in [0.717, 1.165) is 4.57 Å². The molecule has 3 aromatic rings. The van der Waals surface area contributed by atoms with Crippen molar-refractivity contribution in [1.29, 1.82) is 0 Å². The van der Waals surface area contributed by atoms with E-state index >= 15 is 0 Å². The van der Waals surface area contributed by atoms with Crippen molar-refractivity contribution in [3.8, 4) is 11.4 Å². The van der Waals surface area contributed by atoms with Gasteiger partial charge in [0.15, 0.2) is 11.5 Å². The van der Waals surface area contributed by atoms with Crippen molar-refractivity contribution in [2.75, 3.05) is 20.3 Å². The summed E-state index contributed by atoms with van der Waals surface area (Å²) in [6.07, 6.45) is 2.00. The van der Waals surface area contributed by atoms with Gasteiger partial charge in [-0.3, -0.25) is 18.7 Å². The Balaban J connectivity index is 1.95. The van der Waals surface area contributed by atoms with Crippen LogP contribution in [0.2, 0.25) is 5.02 Å². The molecule has 29 heavy (non-hydrogen) atoms. The lowest BCUT2D eigenvalue weighted by Gasteiger charge is -2.11. The van der Waals surface area contributed by atoms with E-state index in [1.807, 2.05) is 0 Å². The molecule has 0 aliphatic carbocycles. The summed E-state index contributed by atoms with van der Waals surface area (Å²) >= 11 is 5.90. The predicted molar refractivity (Wildman–Crippen MR) is 109 cm³/mol. The van der Waals surface area contributed by atoms with E-state index in [4.69, 9.17) is 16.3 Å². The van der Waals surface area contributed by atoms with Gasteiger partial charge in [0.25, 0.3) is 5.56 Å². The van der Waals surface area contributed by atoms with Crippen LogP contribution in [0, 0.1) is 0 Å². The number of carbonyl (C=O) groups is 1. The van der Waals surface area contributed by atoms with Crippen molar-refractivity contribution >= 4 is 28.5 Å². The zero-order chi connectivity index (χ0) is 21.0. The van der Waals surface area contributed by atoms with Crippen LogP contribution in [0.3, 0.4) is 0 Å². The Bertz CT molecular complexity index is 1150. The van der Waals surface area contributed by atoms with Crippen LogP contribution in [-0.2, 0) is 23.1 Å². The number of aryl methyl sites for hydroxylation is 1. The normalized spacial score (nSPS) is 11.0.